The summed E-state index contributed by atoms with van der Waals surface area (Å²) in [6, 6.07) is 19.5. The van der Waals surface area contributed by atoms with Crippen LogP contribution in [0.5, 0.6) is 0 Å². The molecule has 33 heavy (non-hydrogen) atoms. The fourth-order valence-electron chi connectivity index (χ4n) is 3.40. The van der Waals surface area contributed by atoms with Gasteiger partial charge in [-0.05, 0) is 43.0 Å². The largest absolute Gasteiger partial charge is 0.330 e. The van der Waals surface area contributed by atoms with Gasteiger partial charge in [0.05, 0.1) is 30.9 Å². The number of rotatable bonds is 11. The molecule has 0 aliphatic heterocycles. The van der Waals surface area contributed by atoms with Crippen LogP contribution in [-0.2, 0) is 24.3 Å². The molecule has 6 nitrogen and oxygen atoms in total. The lowest BCUT2D eigenvalue weighted by Crippen LogP contribution is -2.44. The highest BCUT2D eigenvalue weighted by Crippen LogP contribution is 2.22. The number of benzene rings is 2. The molecule has 3 rings (SSSR count). The molecule has 1 atom stereocenters. The molecule has 0 saturated carbocycles. The van der Waals surface area contributed by atoms with E-state index in [1.165, 1.54) is 0 Å². The maximum Gasteiger partial charge on any atom is 0.242 e. The van der Waals surface area contributed by atoms with Crippen molar-refractivity contribution in [3.05, 3.63) is 89.5 Å². The van der Waals surface area contributed by atoms with E-state index < -0.39 is 0 Å². The summed E-state index contributed by atoms with van der Waals surface area (Å²) < 4.78 is 1.97. The number of aromatic nitrogens is 2. The van der Waals surface area contributed by atoms with E-state index >= 15 is 0 Å². The first-order chi connectivity index (χ1) is 15.9. The Hall–Kier alpha value is -3.14. The number of nitrogens with one attached hydrogen (secondary N) is 1. The molecule has 0 unspecified atom stereocenters. The van der Waals surface area contributed by atoms with Crippen LogP contribution in [0, 0.1) is 11.3 Å². The van der Waals surface area contributed by atoms with E-state index in [9.17, 15) is 4.79 Å². The van der Waals surface area contributed by atoms with Gasteiger partial charge < -0.3 is 4.57 Å². The summed E-state index contributed by atoms with van der Waals surface area (Å²) in [4.78, 5) is 17.2. The van der Waals surface area contributed by atoms with Crippen LogP contribution in [0.3, 0.4) is 0 Å². The maximum absolute atomic E-state index is 13.3. The minimum Gasteiger partial charge on any atom is -0.330 e. The van der Waals surface area contributed by atoms with Gasteiger partial charge in [-0.25, -0.2) is 10.4 Å². The second-order valence-corrected chi connectivity index (χ2v) is 9.30. The number of hydrogen-bond acceptors (Lipinski definition) is 4. The number of hydrogen-bond donors (Lipinski definition) is 1. The highest BCUT2D eigenvalue weighted by molar-refractivity contribution is 6.23. The monoisotopic (exact) mass is 463 g/mol. The van der Waals surface area contributed by atoms with Crippen LogP contribution in [0.2, 0.25) is 0 Å². The standard InChI is InChI=1S/C26H30ClN5O/c1-3-26(2,27)13-14-30-32(19-22-7-5-4-6-8-22)25(33)15-24-17-29-20-31(24)18-23-11-9-21(16-28)10-12-23/h4-12,17,20,30H,3,13-15,18-19H2,1-2H3/t26-/m0/s1. The molecule has 0 saturated heterocycles. The van der Waals surface area contributed by atoms with E-state index in [0.717, 1.165) is 29.7 Å². The Kier molecular flexibility index (Phi) is 8.65. The van der Waals surface area contributed by atoms with E-state index in [1.54, 1.807) is 29.7 Å². The van der Waals surface area contributed by atoms with Crippen LogP contribution in [0.25, 0.3) is 0 Å². The first-order valence-electron chi connectivity index (χ1n) is 11.1. The minimum absolute atomic E-state index is 0.0341. The normalized spacial score (nSPS) is 12.7. The summed E-state index contributed by atoms with van der Waals surface area (Å²) in [7, 11) is 0. The summed E-state index contributed by atoms with van der Waals surface area (Å²) in [5.41, 5.74) is 6.84. The zero-order chi connectivity index (χ0) is 23.7. The van der Waals surface area contributed by atoms with Gasteiger partial charge in [0, 0.05) is 29.9 Å². The van der Waals surface area contributed by atoms with Crippen molar-refractivity contribution < 1.29 is 4.79 Å². The van der Waals surface area contributed by atoms with Crippen LogP contribution in [0.15, 0.2) is 67.1 Å². The second kappa shape index (κ2) is 11.6. The maximum atomic E-state index is 13.3. The fourth-order valence-corrected chi connectivity index (χ4v) is 3.49. The van der Waals surface area contributed by atoms with Gasteiger partial charge in [-0.15, -0.1) is 11.6 Å². The van der Waals surface area contributed by atoms with Gasteiger partial charge in [-0.1, -0.05) is 49.4 Å². The number of carbonyl (C=O) groups excluding carboxylic acids is 1. The van der Waals surface area contributed by atoms with E-state index in [-0.39, 0.29) is 17.2 Å². The van der Waals surface area contributed by atoms with Crippen molar-refractivity contribution in [2.24, 2.45) is 0 Å². The molecule has 2 aromatic carbocycles. The van der Waals surface area contributed by atoms with Gasteiger partial charge in [0.15, 0.2) is 0 Å². The van der Waals surface area contributed by atoms with E-state index in [2.05, 4.69) is 23.4 Å². The van der Waals surface area contributed by atoms with Crippen molar-refractivity contribution in [2.45, 2.75) is 51.1 Å². The molecular weight excluding hydrogens is 434 g/mol. The van der Waals surface area contributed by atoms with E-state index in [4.69, 9.17) is 16.9 Å². The zero-order valence-corrected chi connectivity index (χ0v) is 19.9. The van der Waals surface area contributed by atoms with Gasteiger partial charge in [0.25, 0.3) is 0 Å². The molecule has 0 bridgehead atoms. The van der Waals surface area contributed by atoms with Crippen LogP contribution < -0.4 is 5.43 Å². The third-order valence-electron chi connectivity index (χ3n) is 5.74. The van der Waals surface area contributed by atoms with E-state index in [1.807, 2.05) is 54.0 Å². The Morgan fingerprint density at radius 1 is 1.18 bits per heavy atom. The average Bonchev–Trinajstić information content (AvgIpc) is 3.25. The third-order valence-corrected chi connectivity index (χ3v) is 6.19. The molecular formula is C26H30ClN5O. The van der Waals surface area contributed by atoms with E-state index in [0.29, 0.717) is 25.2 Å². The van der Waals surface area contributed by atoms with Crippen LogP contribution in [0.4, 0.5) is 0 Å². The summed E-state index contributed by atoms with van der Waals surface area (Å²) >= 11 is 6.50. The molecule has 1 heterocycles. The van der Waals surface area contributed by atoms with Crippen molar-refractivity contribution in [3.63, 3.8) is 0 Å². The lowest BCUT2D eigenvalue weighted by atomic mass is 10.0. The smallest absolute Gasteiger partial charge is 0.242 e. The Labute approximate surface area is 200 Å². The lowest BCUT2D eigenvalue weighted by Gasteiger charge is -2.27. The first kappa shape index (κ1) is 24.5. The van der Waals surface area contributed by atoms with Crippen LogP contribution in [-0.4, -0.2) is 31.9 Å². The highest BCUT2D eigenvalue weighted by atomic mass is 35.5. The summed E-state index contributed by atoms with van der Waals surface area (Å²) in [6.07, 6.45) is 5.30. The quantitative estimate of drug-likeness (QED) is 0.331. The number of halogens is 1. The minimum atomic E-state index is -0.297. The molecule has 3 aromatic rings. The molecule has 0 radical (unpaired) electrons. The number of imidazole rings is 1. The molecule has 0 aliphatic rings. The van der Waals surface area contributed by atoms with Gasteiger partial charge in [0.2, 0.25) is 5.91 Å². The van der Waals surface area contributed by atoms with Crippen molar-refractivity contribution in [1.82, 2.24) is 20.0 Å². The van der Waals surface area contributed by atoms with Gasteiger partial charge in [-0.3, -0.25) is 9.80 Å². The number of amides is 1. The number of nitriles is 1. The number of hydrazine groups is 1. The Morgan fingerprint density at radius 2 is 1.91 bits per heavy atom. The number of carbonyl (C=O) groups is 1. The van der Waals surface area contributed by atoms with Gasteiger partial charge >= 0.3 is 0 Å². The highest BCUT2D eigenvalue weighted by Gasteiger charge is 2.20. The zero-order valence-electron chi connectivity index (χ0n) is 19.2. The summed E-state index contributed by atoms with van der Waals surface area (Å²) in [5, 5.41) is 10.7. The topological polar surface area (TPSA) is 74.0 Å². The van der Waals surface area contributed by atoms with Crippen LogP contribution in [0.1, 0.15) is 49.1 Å². The Balaban J connectivity index is 1.69. The molecule has 7 heteroatoms. The lowest BCUT2D eigenvalue weighted by molar-refractivity contribution is -0.134. The molecule has 1 N–H and O–H groups in total. The number of alkyl halides is 1. The Bertz CT molecular complexity index is 1070. The number of nitrogens with zero attached hydrogens (tertiary/aromatic N) is 4. The second-order valence-electron chi connectivity index (χ2n) is 8.39. The summed E-state index contributed by atoms with van der Waals surface area (Å²) in [5.74, 6) is -0.0341. The first-order valence-corrected chi connectivity index (χ1v) is 11.5. The van der Waals surface area contributed by atoms with Crippen molar-refractivity contribution in [2.75, 3.05) is 6.54 Å². The summed E-state index contributed by atoms with van der Waals surface area (Å²) in [6.45, 7) is 5.74. The molecule has 0 fully saturated rings. The molecule has 0 aliphatic carbocycles. The third kappa shape index (κ3) is 7.45. The van der Waals surface area contributed by atoms with Gasteiger partial charge in [-0.2, -0.15) is 5.26 Å². The predicted octanol–water partition coefficient (Wildman–Crippen LogP) is 4.68. The fraction of sp³-hybridized carbons (Fsp3) is 0.346. The molecule has 172 valence electrons. The van der Waals surface area contributed by atoms with Gasteiger partial charge in [0.1, 0.15) is 0 Å². The molecule has 1 amide bonds. The van der Waals surface area contributed by atoms with Crippen LogP contribution >= 0.6 is 11.6 Å². The van der Waals surface area contributed by atoms with Crippen molar-refractivity contribution in [3.8, 4) is 6.07 Å². The predicted molar refractivity (Wildman–Crippen MR) is 130 cm³/mol. The Morgan fingerprint density at radius 3 is 2.58 bits per heavy atom. The molecule has 0 spiro atoms. The van der Waals surface area contributed by atoms with Crippen molar-refractivity contribution in [1.29, 1.82) is 5.26 Å². The molecule has 1 aromatic heterocycles. The van der Waals surface area contributed by atoms with Crippen molar-refractivity contribution >= 4 is 17.5 Å². The SMILES string of the molecule is CC[C@](C)(Cl)CCNN(Cc1ccccc1)C(=O)Cc1cncn1Cc1ccc(C#N)cc1. The average molecular weight is 464 g/mol.